The molecule has 11 nitrogen and oxygen atoms in total. The molecule has 0 spiro atoms. The van der Waals surface area contributed by atoms with Crippen LogP contribution in [0.15, 0.2) is 59.4 Å². The number of esters is 1. The Kier molecular flexibility index (Phi) is 14.6. The quantitative estimate of drug-likeness (QED) is 0.201. The van der Waals surface area contributed by atoms with Crippen molar-refractivity contribution in [1.29, 1.82) is 0 Å². The number of aryl methyl sites for hydroxylation is 1. The lowest BCUT2D eigenvalue weighted by Gasteiger charge is -2.19. The van der Waals surface area contributed by atoms with E-state index >= 15 is 0 Å². The molecule has 0 unspecified atom stereocenters. The summed E-state index contributed by atoms with van der Waals surface area (Å²) in [4.78, 5) is 62.8. The molecule has 0 saturated carbocycles. The van der Waals surface area contributed by atoms with E-state index in [4.69, 9.17) is 9.47 Å². The number of benzene rings is 1. The number of nitrogens with one attached hydrogen (secondary N) is 3. The Hall–Kier alpha value is -4.41. The average Bonchev–Trinajstić information content (AvgIpc) is 2.95. The summed E-state index contributed by atoms with van der Waals surface area (Å²) in [5.41, 5.74) is 0.958. The molecule has 0 saturated heterocycles. The zero-order valence-corrected chi connectivity index (χ0v) is 24.8. The molecule has 0 radical (unpaired) electrons. The van der Waals surface area contributed by atoms with Gasteiger partial charge in [-0.25, -0.2) is 9.59 Å². The van der Waals surface area contributed by atoms with Gasteiger partial charge in [0.15, 0.2) is 0 Å². The van der Waals surface area contributed by atoms with E-state index in [9.17, 15) is 24.0 Å². The monoisotopic (exact) mass is 582 g/mol. The average molecular weight is 583 g/mol. The van der Waals surface area contributed by atoms with Gasteiger partial charge in [-0.05, 0) is 56.7 Å². The van der Waals surface area contributed by atoms with E-state index in [0.717, 1.165) is 12.0 Å². The van der Waals surface area contributed by atoms with Crippen molar-refractivity contribution in [2.75, 3.05) is 18.5 Å². The summed E-state index contributed by atoms with van der Waals surface area (Å²) in [7, 11) is 0. The number of amides is 3. The Balaban J connectivity index is 2.09. The second-order valence-corrected chi connectivity index (χ2v) is 10.1. The highest BCUT2D eigenvalue weighted by molar-refractivity contribution is 5.96. The van der Waals surface area contributed by atoms with Gasteiger partial charge in [-0.1, -0.05) is 50.3 Å². The molecule has 1 aromatic heterocycles. The summed E-state index contributed by atoms with van der Waals surface area (Å²) in [6, 6.07) is 11.2. The summed E-state index contributed by atoms with van der Waals surface area (Å²) in [6.45, 7) is 8.54. The van der Waals surface area contributed by atoms with E-state index in [1.54, 1.807) is 38.1 Å². The number of rotatable bonds is 16. The van der Waals surface area contributed by atoms with Crippen LogP contribution in [-0.4, -0.2) is 47.6 Å². The van der Waals surface area contributed by atoms with Gasteiger partial charge in [0.25, 0.3) is 5.56 Å². The largest absolute Gasteiger partial charge is 0.463 e. The van der Waals surface area contributed by atoms with Crippen LogP contribution >= 0.6 is 0 Å². The number of aromatic nitrogens is 1. The van der Waals surface area contributed by atoms with Crippen molar-refractivity contribution in [2.45, 2.75) is 72.6 Å². The normalized spacial score (nSPS) is 11.6. The number of anilines is 1. The first kappa shape index (κ1) is 33.8. The molecule has 42 heavy (non-hydrogen) atoms. The van der Waals surface area contributed by atoms with Crippen molar-refractivity contribution in [3.63, 3.8) is 0 Å². The first-order valence-corrected chi connectivity index (χ1v) is 14.2. The zero-order chi connectivity index (χ0) is 30.9. The van der Waals surface area contributed by atoms with Crippen LogP contribution in [0.3, 0.4) is 0 Å². The maximum atomic E-state index is 13.2. The fourth-order valence-electron chi connectivity index (χ4n) is 3.87. The maximum absolute atomic E-state index is 13.2. The molecular weight excluding hydrogens is 540 g/mol. The molecule has 0 aliphatic carbocycles. The number of hydrogen-bond donors (Lipinski definition) is 3. The highest BCUT2D eigenvalue weighted by Crippen LogP contribution is 2.09. The van der Waals surface area contributed by atoms with E-state index in [-0.39, 0.29) is 50.6 Å². The molecule has 1 heterocycles. The van der Waals surface area contributed by atoms with Gasteiger partial charge < -0.3 is 30.0 Å². The van der Waals surface area contributed by atoms with Crippen molar-refractivity contribution < 1.29 is 28.7 Å². The standard InChI is InChI=1S/C31H42N4O7/c1-5-41-28(37)14-10-9-13-25(34-31(40)42-21-24-11-7-6-8-12-24)29(38)33-26-16-15-23(4)35(30(26)39)20-18-27(36)32-19-17-22(2)3/h6-8,10-12,14-16,22,25H,5,9,13,17-21H2,1-4H3,(H,32,36)(H,33,38)(H,34,40)/b14-10+/t25-/m0/s1. The fourth-order valence-corrected chi connectivity index (χ4v) is 3.87. The fraction of sp³-hybridized carbons (Fsp3) is 0.452. The van der Waals surface area contributed by atoms with Gasteiger partial charge in [0.2, 0.25) is 11.8 Å². The first-order chi connectivity index (χ1) is 20.1. The van der Waals surface area contributed by atoms with Crippen molar-refractivity contribution >= 4 is 29.6 Å². The predicted octanol–water partition coefficient (Wildman–Crippen LogP) is 3.84. The minimum absolute atomic E-state index is 0.0114. The van der Waals surface area contributed by atoms with Gasteiger partial charge in [-0.3, -0.25) is 14.4 Å². The van der Waals surface area contributed by atoms with Gasteiger partial charge in [0.05, 0.1) is 6.61 Å². The third-order valence-electron chi connectivity index (χ3n) is 6.24. The summed E-state index contributed by atoms with van der Waals surface area (Å²) in [5, 5.41) is 8.00. The molecule has 2 aromatic rings. The van der Waals surface area contributed by atoms with Crippen LogP contribution in [0.5, 0.6) is 0 Å². The smallest absolute Gasteiger partial charge is 0.408 e. The van der Waals surface area contributed by atoms with Crippen molar-refractivity contribution in [2.24, 2.45) is 5.92 Å². The predicted molar refractivity (Wildman–Crippen MR) is 160 cm³/mol. The third kappa shape index (κ3) is 12.4. The molecule has 2 rings (SSSR count). The summed E-state index contributed by atoms with van der Waals surface area (Å²) < 4.78 is 11.5. The Labute approximate surface area is 246 Å². The number of allylic oxidation sites excluding steroid dienone is 1. The molecule has 11 heteroatoms. The number of nitrogens with zero attached hydrogens (tertiary/aromatic N) is 1. The van der Waals surface area contributed by atoms with Crippen LogP contribution < -0.4 is 21.5 Å². The van der Waals surface area contributed by atoms with Gasteiger partial charge >= 0.3 is 12.1 Å². The summed E-state index contributed by atoms with van der Waals surface area (Å²) in [5.74, 6) is -0.837. The molecule has 0 aliphatic heterocycles. The van der Waals surface area contributed by atoms with Gasteiger partial charge in [-0.15, -0.1) is 0 Å². The van der Waals surface area contributed by atoms with Crippen molar-refractivity contribution in [1.82, 2.24) is 15.2 Å². The molecule has 0 bridgehead atoms. The third-order valence-corrected chi connectivity index (χ3v) is 6.24. The van der Waals surface area contributed by atoms with Crippen LogP contribution in [-0.2, 0) is 37.0 Å². The number of pyridine rings is 1. The number of hydrogen-bond acceptors (Lipinski definition) is 7. The van der Waals surface area contributed by atoms with E-state index in [2.05, 4.69) is 29.8 Å². The minimum Gasteiger partial charge on any atom is -0.463 e. The summed E-state index contributed by atoms with van der Waals surface area (Å²) in [6.07, 6.45) is 3.35. The Morgan fingerprint density at radius 1 is 1.00 bits per heavy atom. The summed E-state index contributed by atoms with van der Waals surface area (Å²) >= 11 is 0. The molecule has 3 N–H and O–H groups in total. The maximum Gasteiger partial charge on any atom is 0.408 e. The van der Waals surface area contributed by atoms with Gasteiger partial charge in [0, 0.05) is 31.3 Å². The Morgan fingerprint density at radius 3 is 2.43 bits per heavy atom. The second kappa shape index (κ2) is 18.1. The van der Waals surface area contributed by atoms with Crippen LogP contribution in [0.4, 0.5) is 10.5 Å². The van der Waals surface area contributed by atoms with Gasteiger partial charge in [-0.2, -0.15) is 0 Å². The lowest BCUT2D eigenvalue weighted by molar-refractivity contribution is -0.137. The molecule has 0 aliphatic rings. The second-order valence-electron chi connectivity index (χ2n) is 10.1. The molecule has 1 aromatic carbocycles. The lowest BCUT2D eigenvalue weighted by atomic mass is 10.1. The molecule has 1 atom stereocenters. The molecule has 3 amide bonds. The number of carbonyl (C=O) groups excluding carboxylic acids is 4. The number of alkyl carbamates (subject to hydrolysis) is 1. The lowest BCUT2D eigenvalue weighted by Crippen LogP contribution is -2.44. The van der Waals surface area contributed by atoms with Crippen LogP contribution in [0.25, 0.3) is 0 Å². The Bertz CT molecular complexity index is 1270. The highest BCUT2D eigenvalue weighted by Gasteiger charge is 2.22. The number of carbonyl (C=O) groups is 4. The van der Waals surface area contributed by atoms with E-state index in [1.165, 1.54) is 16.7 Å². The topological polar surface area (TPSA) is 145 Å². The highest BCUT2D eigenvalue weighted by atomic mass is 16.5. The van der Waals surface area contributed by atoms with Gasteiger partial charge in [0.1, 0.15) is 18.3 Å². The van der Waals surface area contributed by atoms with Crippen LogP contribution in [0.2, 0.25) is 0 Å². The Morgan fingerprint density at radius 2 is 1.74 bits per heavy atom. The molecule has 228 valence electrons. The minimum atomic E-state index is -1.07. The van der Waals surface area contributed by atoms with E-state index < -0.39 is 29.6 Å². The van der Waals surface area contributed by atoms with Crippen LogP contribution in [0, 0.1) is 12.8 Å². The van der Waals surface area contributed by atoms with Crippen molar-refractivity contribution in [3.05, 3.63) is 76.2 Å². The van der Waals surface area contributed by atoms with E-state index in [0.29, 0.717) is 18.2 Å². The number of ether oxygens (including phenoxy) is 2. The van der Waals surface area contributed by atoms with Crippen molar-refractivity contribution in [3.8, 4) is 0 Å². The van der Waals surface area contributed by atoms with E-state index in [1.807, 2.05) is 18.2 Å². The van der Waals surface area contributed by atoms with Crippen LogP contribution in [0.1, 0.15) is 57.7 Å². The molecule has 0 fully saturated rings. The zero-order valence-electron chi connectivity index (χ0n) is 24.8. The SMILES string of the molecule is CCOC(=O)/C=C/CC[C@H](NC(=O)OCc1ccccc1)C(=O)Nc1ccc(C)n(CCC(=O)NCCC(C)C)c1=O. The molecular formula is C31H42N4O7. The first-order valence-electron chi connectivity index (χ1n) is 14.2.